The van der Waals surface area contributed by atoms with Gasteiger partial charge in [0.1, 0.15) is 0 Å². The molecule has 0 aromatic heterocycles. The summed E-state index contributed by atoms with van der Waals surface area (Å²) in [6, 6.07) is 64.7. The molecule has 6 rings (SSSR count). The van der Waals surface area contributed by atoms with Gasteiger partial charge < -0.3 is 5.11 Å². The molecular weight excluding hydrogens is 809 g/mol. The van der Waals surface area contributed by atoms with Crippen molar-refractivity contribution in [3.05, 3.63) is 182 Å². The molecule has 2 N–H and O–H groups in total. The molecule has 0 spiro atoms. The number of halogens is 1. The molecule has 0 bridgehead atoms. The minimum absolute atomic E-state index is 0. The van der Waals surface area contributed by atoms with Crippen molar-refractivity contribution in [2.24, 2.45) is 0 Å². The minimum atomic E-state index is -1.60. The zero-order valence-corrected chi connectivity index (χ0v) is 30.2. The van der Waals surface area contributed by atoms with Crippen LogP contribution in [0.1, 0.15) is 6.92 Å². The van der Waals surface area contributed by atoms with Crippen LogP contribution in [0, 0.1) is 0 Å². The number of rotatable bonds is 8. The second-order valence-corrected chi connectivity index (χ2v) is 14.8. The van der Waals surface area contributed by atoms with Crippen LogP contribution >= 0.6 is 27.4 Å². The van der Waals surface area contributed by atoms with Gasteiger partial charge in [0.2, 0.25) is 5.79 Å². The van der Waals surface area contributed by atoms with E-state index in [0.29, 0.717) is 0 Å². The van der Waals surface area contributed by atoms with Crippen molar-refractivity contribution in [2.75, 3.05) is 5.88 Å². The molecular formula is C39H37ClO3P2Pt. The quantitative estimate of drug-likeness (QED) is 0.0556. The van der Waals surface area contributed by atoms with Crippen molar-refractivity contribution >= 4 is 59.3 Å². The first kappa shape index (κ1) is 37.5. The van der Waals surface area contributed by atoms with Gasteiger partial charge in [0.15, 0.2) is 0 Å². The van der Waals surface area contributed by atoms with E-state index in [1.54, 1.807) is 0 Å². The van der Waals surface area contributed by atoms with Crippen LogP contribution in [-0.2, 0) is 26.0 Å². The normalized spacial score (nSPS) is 11.6. The Morgan fingerprint density at radius 1 is 0.457 bits per heavy atom. The Labute approximate surface area is 294 Å². The molecule has 0 aliphatic heterocycles. The molecule has 238 valence electrons. The SMILES string of the molecule is CC(O)(CCl)OO.[Pt].c1ccc(P(c2ccccc2)c2ccccc2)cc1.c1ccc(P(c2ccccc2)c2ccccc2)cc1. The van der Waals surface area contributed by atoms with E-state index < -0.39 is 21.6 Å². The number of hydrogen-bond acceptors (Lipinski definition) is 3. The third-order valence-electron chi connectivity index (χ3n) is 6.53. The van der Waals surface area contributed by atoms with Crippen LogP contribution in [0.4, 0.5) is 0 Å². The standard InChI is InChI=1S/2C18H15P.C3H7ClO3.Pt/c2*1-4-10-16(11-5-1)19(17-12-6-2-7-13-17)18-14-8-3-9-15-18;1-3(5,2-4)7-6;/h2*1-15H;5-6H,2H2,1H3;. The molecule has 1 atom stereocenters. The van der Waals surface area contributed by atoms with Crippen molar-refractivity contribution in [3.8, 4) is 0 Å². The molecule has 0 heterocycles. The molecule has 3 nitrogen and oxygen atoms in total. The van der Waals surface area contributed by atoms with Gasteiger partial charge in [-0.3, -0.25) is 0 Å². The Bertz CT molecular complexity index is 1320. The van der Waals surface area contributed by atoms with Crippen LogP contribution in [0.5, 0.6) is 0 Å². The van der Waals surface area contributed by atoms with Crippen LogP contribution in [-0.4, -0.2) is 22.0 Å². The second kappa shape index (κ2) is 20.3. The maximum atomic E-state index is 8.53. The average molecular weight is 846 g/mol. The maximum Gasteiger partial charge on any atom is 0.209 e. The number of alkyl halides is 1. The zero-order valence-electron chi connectivity index (χ0n) is 25.4. The Morgan fingerprint density at radius 3 is 0.739 bits per heavy atom. The van der Waals surface area contributed by atoms with Crippen molar-refractivity contribution in [1.29, 1.82) is 0 Å². The molecule has 6 aromatic carbocycles. The summed E-state index contributed by atoms with van der Waals surface area (Å²) in [4.78, 5) is 3.51. The molecule has 0 aliphatic rings. The van der Waals surface area contributed by atoms with Crippen LogP contribution < -0.4 is 31.8 Å². The van der Waals surface area contributed by atoms with Gasteiger partial charge in [-0.2, -0.15) is 0 Å². The summed E-state index contributed by atoms with van der Waals surface area (Å²) in [7, 11) is -0.892. The first-order valence-corrected chi connectivity index (χ1v) is 17.8. The Kier molecular flexibility index (Phi) is 16.6. The predicted octanol–water partition coefficient (Wildman–Crippen LogP) is 7.31. The summed E-state index contributed by atoms with van der Waals surface area (Å²) in [5, 5.41) is 24.7. The van der Waals surface area contributed by atoms with Gasteiger partial charge in [0, 0.05) is 21.1 Å². The van der Waals surface area contributed by atoms with Crippen LogP contribution in [0.3, 0.4) is 0 Å². The molecule has 46 heavy (non-hydrogen) atoms. The minimum Gasteiger partial charge on any atom is -0.363 e. The van der Waals surface area contributed by atoms with E-state index in [9.17, 15) is 0 Å². The van der Waals surface area contributed by atoms with Gasteiger partial charge in [-0.05, 0) is 54.6 Å². The fourth-order valence-electron chi connectivity index (χ4n) is 4.38. The molecule has 6 aromatic rings. The largest absolute Gasteiger partial charge is 0.363 e. The van der Waals surface area contributed by atoms with E-state index in [2.05, 4.69) is 187 Å². The summed E-state index contributed by atoms with van der Waals surface area (Å²) >= 11 is 5.06. The van der Waals surface area contributed by atoms with Gasteiger partial charge in [-0.15, -0.1) is 11.6 Å². The summed E-state index contributed by atoms with van der Waals surface area (Å²) in [5.41, 5.74) is 0. The molecule has 7 heteroatoms. The molecule has 1 unspecified atom stereocenters. The summed E-state index contributed by atoms with van der Waals surface area (Å²) in [6.07, 6.45) is 0. The van der Waals surface area contributed by atoms with Gasteiger partial charge in [-0.1, -0.05) is 182 Å². The topological polar surface area (TPSA) is 49.7 Å². The van der Waals surface area contributed by atoms with Gasteiger partial charge >= 0.3 is 0 Å². The van der Waals surface area contributed by atoms with Gasteiger partial charge in [-0.25, -0.2) is 10.1 Å². The Hall–Kier alpha value is -2.96. The van der Waals surface area contributed by atoms with E-state index in [0.717, 1.165) is 0 Å². The second-order valence-electron chi connectivity index (χ2n) is 10.1. The fourth-order valence-corrected chi connectivity index (χ4v) is 9.04. The zero-order chi connectivity index (χ0) is 31.7. The van der Waals surface area contributed by atoms with Gasteiger partial charge in [0.05, 0.1) is 5.88 Å². The van der Waals surface area contributed by atoms with Crippen molar-refractivity contribution in [2.45, 2.75) is 12.7 Å². The van der Waals surface area contributed by atoms with Crippen LogP contribution in [0.2, 0.25) is 0 Å². The Morgan fingerprint density at radius 2 is 0.630 bits per heavy atom. The third kappa shape index (κ3) is 11.7. The van der Waals surface area contributed by atoms with Crippen LogP contribution in [0.15, 0.2) is 182 Å². The predicted molar refractivity (Wildman–Crippen MR) is 195 cm³/mol. The monoisotopic (exact) mass is 845 g/mol. The van der Waals surface area contributed by atoms with E-state index in [4.69, 9.17) is 22.0 Å². The number of benzene rings is 6. The summed E-state index contributed by atoms with van der Waals surface area (Å²) in [6.45, 7) is 1.25. The third-order valence-corrected chi connectivity index (χ3v) is 11.9. The summed E-state index contributed by atoms with van der Waals surface area (Å²) < 4.78 is 0. The van der Waals surface area contributed by atoms with Crippen molar-refractivity contribution in [1.82, 2.24) is 0 Å². The molecule has 0 radical (unpaired) electrons. The average Bonchev–Trinajstić information content (AvgIpc) is 3.12. The molecule has 0 aliphatic carbocycles. The van der Waals surface area contributed by atoms with Crippen molar-refractivity contribution < 1.29 is 36.3 Å². The number of aliphatic hydroxyl groups is 1. The fraction of sp³-hybridized carbons (Fsp3) is 0.0769. The number of hydrogen-bond donors (Lipinski definition) is 2. The van der Waals surface area contributed by atoms with Gasteiger partial charge in [0.25, 0.3) is 0 Å². The van der Waals surface area contributed by atoms with E-state index in [1.165, 1.54) is 38.8 Å². The van der Waals surface area contributed by atoms with E-state index >= 15 is 0 Å². The summed E-state index contributed by atoms with van der Waals surface area (Å²) in [5.74, 6) is -1.74. The first-order valence-electron chi connectivity index (χ1n) is 14.5. The van der Waals surface area contributed by atoms with Crippen LogP contribution in [0.25, 0.3) is 0 Å². The molecule has 0 amide bonds. The molecule has 0 saturated heterocycles. The Balaban J connectivity index is 0.000000205. The van der Waals surface area contributed by atoms with E-state index in [-0.39, 0.29) is 26.9 Å². The molecule has 0 fully saturated rings. The maximum absolute atomic E-state index is 8.53. The molecule has 0 saturated carbocycles. The first-order chi connectivity index (χ1) is 22.0. The smallest absolute Gasteiger partial charge is 0.209 e. The van der Waals surface area contributed by atoms with E-state index in [1.807, 2.05) is 0 Å². The van der Waals surface area contributed by atoms with Crippen molar-refractivity contribution in [3.63, 3.8) is 0 Å².